The van der Waals surface area contributed by atoms with Crippen LogP contribution in [0.2, 0.25) is 0 Å². The van der Waals surface area contributed by atoms with Crippen LogP contribution in [0.3, 0.4) is 0 Å². The molecule has 0 spiro atoms. The van der Waals surface area contributed by atoms with Gasteiger partial charge in [-0.25, -0.2) is 0 Å². The average Bonchev–Trinajstić information content (AvgIpc) is 2.08. The fourth-order valence-electron chi connectivity index (χ4n) is 1.36. The van der Waals surface area contributed by atoms with Crippen molar-refractivity contribution in [3.63, 3.8) is 0 Å². The van der Waals surface area contributed by atoms with Crippen molar-refractivity contribution in [3.05, 3.63) is 23.0 Å². The molecule has 0 atom stereocenters. The molecular weight excluding hydrogens is 138 g/mol. The van der Waals surface area contributed by atoms with Gasteiger partial charge in [0.05, 0.1) is 5.60 Å². The van der Waals surface area contributed by atoms with Gasteiger partial charge in [0, 0.05) is 17.0 Å². The Morgan fingerprint density at radius 3 is 2.09 bits per heavy atom. The summed E-state index contributed by atoms with van der Waals surface area (Å²) in [6.45, 7) is 7.55. The summed E-state index contributed by atoms with van der Waals surface area (Å²) in [7, 11) is 0. The molecule has 1 aromatic heterocycles. The topological polar surface area (TPSA) is 36.0 Å². The summed E-state index contributed by atoms with van der Waals surface area (Å²) in [6, 6.07) is 1.98. The van der Waals surface area contributed by atoms with E-state index in [9.17, 15) is 5.11 Å². The number of nitrogens with one attached hydrogen (secondary N) is 1. The lowest BCUT2D eigenvalue weighted by molar-refractivity contribution is 0.0780. The molecule has 0 saturated carbocycles. The number of aliphatic hydroxyl groups is 1. The number of aromatic amines is 1. The number of aromatic nitrogens is 1. The molecule has 0 aliphatic heterocycles. The number of hydrogen-bond donors (Lipinski definition) is 2. The third kappa shape index (κ3) is 1.63. The monoisotopic (exact) mass is 153 g/mol. The van der Waals surface area contributed by atoms with Gasteiger partial charge in [0.2, 0.25) is 0 Å². The van der Waals surface area contributed by atoms with Crippen molar-refractivity contribution in [3.8, 4) is 0 Å². The normalized spacial score (nSPS) is 12.1. The molecule has 2 heteroatoms. The first-order chi connectivity index (χ1) is 4.91. The summed E-state index contributed by atoms with van der Waals surface area (Å²) < 4.78 is 0. The Balaban J connectivity index is 3.13. The predicted molar refractivity (Wildman–Crippen MR) is 45.5 cm³/mol. The van der Waals surface area contributed by atoms with Gasteiger partial charge in [0.25, 0.3) is 0 Å². The Kier molecular flexibility index (Phi) is 1.80. The third-order valence-electron chi connectivity index (χ3n) is 1.81. The van der Waals surface area contributed by atoms with Crippen molar-refractivity contribution in [2.75, 3.05) is 0 Å². The van der Waals surface area contributed by atoms with Gasteiger partial charge in [-0.2, -0.15) is 0 Å². The van der Waals surface area contributed by atoms with Crippen LogP contribution in [0.5, 0.6) is 0 Å². The van der Waals surface area contributed by atoms with Crippen LogP contribution < -0.4 is 0 Å². The largest absolute Gasteiger partial charge is 0.386 e. The zero-order valence-corrected chi connectivity index (χ0v) is 7.52. The third-order valence-corrected chi connectivity index (χ3v) is 1.81. The molecular formula is C9H15NO. The van der Waals surface area contributed by atoms with Crippen LogP contribution in [0.25, 0.3) is 0 Å². The molecule has 0 amide bonds. The molecule has 2 nitrogen and oxygen atoms in total. The first-order valence-electron chi connectivity index (χ1n) is 3.80. The van der Waals surface area contributed by atoms with Gasteiger partial charge in [0.15, 0.2) is 0 Å². The maximum atomic E-state index is 9.66. The van der Waals surface area contributed by atoms with E-state index >= 15 is 0 Å². The minimum atomic E-state index is -0.727. The van der Waals surface area contributed by atoms with E-state index in [0.717, 1.165) is 17.0 Å². The highest BCUT2D eigenvalue weighted by molar-refractivity contribution is 5.28. The summed E-state index contributed by atoms with van der Waals surface area (Å²) in [5, 5.41) is 9.66. The summed E-state index contributed by atoms with van der Waals surface area (Å²) in [5.74, 6) is 0. The van der Waals surface area contributed by atoms with Gasteiger partial charge in [-0.05, 0) is 33.8 Å². The molecule has 0 aliphatic carbocycles. The summed E-state index contributed by atoms with van der Waals surface area (Å²) >= 11 is 0. The number of aryl methyl sites for hydroxylation is 2. The first kappa shape index (κ1) is 8.34. The fourth-order valence-corrected chi connectivity index (χ4v) is 1.36. The highest BCUT2D eigenvalue weighted by Crippen LogP contribution is 2.23. The predicted octanol–water partition coefficient (Wildman–Crippen LogP) is 1.86. The zero-order valence-electron chi connectivity index (χ0n) is 7.52. The van der Waals surface area contributed by atoms with Crippen LogP contribution in [0, 0.1) is 13.8 Å². The van der Waals surface area contributed by atoms with E-state index in [1.165, 1.54) is 0 Å². The van der Waals surface area contributed by atoms with E-state index in [1.807, 2.05) is 19.9 Å². The Hall–Kier alpha value is -0.760. The molecule has 0 radical (unpaired) electrons. The molecule has 0 fully saturated rings. The molecule has 0 unspecified atom stereocenters. The van der Waals surface area contributed by atoms with Gasteiger partial charge in [-0.15, -0.1) is 0 Å². The van der Waals surface area contributed by atoms with E-state index in [1.54, 1.807) is 13.8 Å². The van der Waals surface area contributed by atoms with Crippen LogP contribution in [0.1, 0.15) is 30.8 Å². The molecule has 0 saturated heterocycles. The molecule has 1 rings (SSSR count). The van der Waals surface area contributed by atoms with Crippen LogP contribution >= 0.6 is 0 Å². The van der Waals surface area contributed by atoms with Crippen LogP contribution in [0.15, 0.2) is 6.07 Å². The Labute approximate surface area is 67.3 Å². The molecule has 1 heterocycles. The quantitative estimate of drug-likeness (QED) is 0.634. The van der Waals surface area contributed by atoms with Crippen LogP contribution in [-0.4, -0.2) is 10.1 Å². The second-order valence-electron chi connectivity index (χ2n) is 3.55. The number of hydrogen-bond acceptors (Lipinski definition) is 1. The first-order valence-corrected chi connectivity index (χ1v) is 3.80. The Bertz CT molecular complexity index is 255. The molecule has 62 valence electrons. The van der Waals surface area contributed by atoms with E-state index in [4.69, 9.17) is 0 Å². The van der Waals surface area contributed by atoms with E-state index in [0.29, 0.717) is 0 Å². The van der Waals surface area contributed by atoms with Crippen molar-refractivity contribution in [1.29, 1.82) is 0 Å². The minimum Gasteiger partial charge on any atom is -0.386 e. The fraction of sp³-hybridized carbons (Fsp3) is 0.556. The van der Waals surface area contributed by atoms with Crippen molar-refractivity contribution >= 4 is 0 Å². The van der Waals surface area contributed by atoms with Crippen molar-refractivity contribution in [1.82, 2.24) is 4.98 Å². The number of rotatable bonds is 1. The molecule has 0 aromatic carbocycles. The lowest BCUT2D eigenvalue weighted by atomic mass is 9.99. The highest BCUT2D eigenvalue weighted by atomic mass is 16.3. The number of H-pyrrole nitrogens is 1. The molecule has 1 aromatic rings. The SMILES string of the molecule is Cc1cc(C(C)(C)O)c(C)[nH]1. The minimum absolute atomic E-state index is 0.727. The van der Waals surface area contributed by atoms with Gasteiger partial charge >= 0.3 is 0 Å². The molecule has 11 heavy (non-hydrogen) atoms. The second kappa shape index (κ2) is 2.38. The van der Waals surface area contributed by atoms with Gasteiger partial charge in [0.1, 0.15) is 0 Å². The average molecular weight is 153 g/mol. The van der Waals surface area contributed by atoms with E-state index in [2.05, 4.69) is 4.98 Å². The summed E-state index contributed by atoms with van der Waals surface area (Å²) in [5.41, 5.74) is 2.40. The highest BCUT2D eigenvalue weighted by Gasteiger charge is 2.19. The maximum Gasteiger partial charge on any atom is 0.0857 e. The van der Waals surface area contributed by atoms with E-state index in [-0.39, 0.29) is 0 Å². The lowest BCUT2D eigenvalue weighted by Crippen LogP contribution is -2.15. The molecule has 2 N–H and O–H groups in total. The van der Waals surface area contributed by atoms with Crippen molar-refractivity contribution < 1.29 is 5.11 Å². The van der Waals surface area contributed by atoms with Gasteiger partial charge < -0.3 is 10.1 Å². The van der Waals surface area contributed by atoms with Crippen molar-refractivity contribution in [2.45, 2.75) is 33.3 Å². The Morgan fingerprint density at radius 1 is 1.36 bits per heavy atom. The summed E-state index contributed by atoms with van der Waals surface area (Å²) in [6.07, 6.45) is 0. The second-order valence-corrected chi connectivity index (χ2v) is 3.55. The van der Waals surface area contributed by atoms with Crippen LogP contribution in [-0.2, 0) is 5.60 Å². The standard InChI is InChI=1S/C9H15NO/c1-6-5-8(7(2)10-6)9(3,4)11/h5,10-11H,1-4H3. The molecule has 0 bridgehead atoms. The van der Waals surface area contributed by atoms with Crippen LogP contribution in [0.4, 0.5) is 0 Å². The van der Waals surface area contributed by atoms with Gasteiger partial charge in [-0.3, -0.25) is 0 Å². The lowest BCUT2D eigenvalue weighted by Gasteiger charge is -2.16. The van der Waals surface area contributed by atoms with Gasteiger partial charge in [-0.1, -0.05) is 0 Å². The summed E-state index contributed by atoms with van der Waals surface area (Å²) in [4.78, 5) is 3.15. The van der Waals surface area contributed by atoms with Crippen molar-refractivity contribution in [2.24, 2.45) is 0 Å². The maximum absolute atomic E-state index is 9.66. The smallest absolute Gasteiger partial charge is 0.0857 e. The molecule has 0 aliphatic rings. The Morgan fingerprint density at radius 2 is 1.91 bits per heavy atom. The van der Waals surface area contributed by atoms with E-state index < -0.39 is 5.60 Å². The zero-order chi connectivity index (χ0) is 8.65.